The number of aryl methyl sites for hydroxylation is 1. The summed E-state index contributed by atoms with van der Waals surface area (Å²) in [6.07, 6.45) is 0. The van der Waals surface area contributed by atoms with Crippen LogP contribution in [0, 0.1) is 12.7 Å². The molecular weight excluding hydrogens is 395 g/mol. The number of anilines is 1. The molecule has 3 N–H and O–H groups in total. The van der Waals surface area contributed by atoms with Crippen LogP contribution in [-0.2, 0) is 14.6 Å². The molecule has 2 amide bonds. The third kappa shape index (κ3) is 4.80. The van der Waals surface area contributed by atoms with Crippen LogP contribution in [0.4, 0.5) is 10.3 Å². The van der Waals surface area contributed by atoms with Crippen molar-refractivity contribution in [3.05, 3.63) is 35.4 Å². The van der Waals surface area contributed by atoms with Gasteiger partial charge in [-0.05, 0) is 32.0 Å². The Morgan fingerprint density at radius 1 is 1.21 bits per heavy atom. The Morgan fingerprint density at radius 3 is 2.36 bits per heavy atom. The van der Waals surface area contributed by atoms with Gasteiger partial charge in [-0.1, -0.05) is 0 Å². The van der Waals surface area contributed by atoms with Gasteiger partial charge in [0.1, 0.15) is 5.82 Å². The first kappa shape index (κ1) is 21.2. The largest absolute Gasteiger partial charge is 0.379 e. The lowest BCUT2D eigenvalue weighted by Gasteiger charge is -2.21. The van der Waals surface area contributed by atoms with Crippen LogP contribution in [0.1, 0.15) is 23.1 Å². The number of benzene rings is 1. The van der Waals surface area contributed by atoms with Crippen LogP contribution >= 0.6 is 0 Å². The Hall–Kier alpha value is -3.06. The number of aliphatic hydroxyl groups is 1. The van der Waals surface area contributed by atoms with E-state index < -0.39 is 43.7 Å². The number of aromatic nitrogens is 4. The second-order valence-electron chi connectivity index (χ2n) is 5.98. The summed E-state index contributed by atoms with van der Waals surface area (Å²) in [5.74, 6) is -4.05. The van der Waals surface area contributed by atoms with Crippen LogP contribution in [0.15, 0.2) is 23.1 Å². The summed E-state index contributed by atoms with van der Waals surface area (Å²) in [5, 5.41) is 28.8. The van der Waals surface area contributed by atoms with Gasteiger partial charge >= 0.3 is 0 Å². The molecule has 0 fully saturated rings. The van der Waals surface area contributed by atoms with Gasteiger partial charge in [0.25, 0.3) is 17.8 Å². The Bertz CT molecular complexity index is 1010. The molecule has 150 valence electrons. The third-order valence-electron chi connectivity index (χ3n) is 3.54. The molecule has 2 aromatic rings. The van der Waals surface area contributed by atoms with Gasteiger partial charge in [0, 0.05) is 7.05 Å². The van der Waals surface area contributed by atoms with Crippen molar-refractivity contribution in [2.45, 2.75) is 24.3 Å². The van der Waals surface area contributed by atoms with E-state index >= 15 is 0 Å². The standard InChI is InChI=1S/C15H17FN6O5S/c1-8-19-21-14(22-20-8)18-13(24)15(2,25)7-28(26,27)9-4-5-10(11(16)6-9)12(23)17-3/h4-6,25H,7H2,1-3H3,(H,17,23)(H,18,21,22,24)/t15-/m0/s1. The third-order valence-corrected chi connectivity index (χ3v) is 5.45. The normalized spacial score (nSPS) is 13.5. The molecule has 0 saturated heterocycles. The van der Waals surface area contributed by atoms with Crippen molar-refractivity contribution in [1.29, 1.82) is 0 Å². The molecule has 13 heteroatoms. The molecule has 0 spiro atoms. The van der Waals surface area contributed by atoms with Crippen molar-refractivity contribution >= 4 is 27.6 Å². The van der Waals surface area contributed by atoms with Crippen molar-refractivity contribution in [3.63, 3.8) is 0 Å². The summed E-state index contributed by atoms with van der Waals surface area (Å²) in [6.45, 7) is 2.48. The molecule has 0 radical (unpaired) electrons. The Morgan fingerprint density at radius 2 is 1.82 bits per heavy atom. The molecule has 0 bridgehead atoms. The maximum Gasteiger partial charge on any atom is 0.268 e. The number of carbonyl (C=O) groups excluding carboxylic acids is 2. The highest BCUT2D eigenvalue weighted by Crippen LogP contribution is 2.20. The van der Waals surface area contributed by atoms with E-state index in [1.54, 1.807) is 0 Å². The molecule has 2 rings (SSSR count). The number of nitrogens with zero attached hydrogens (tertiary/aromatic N) is 4. The zero-order valence-electron chi connectivity index (χ0n) is 15.1. The van der Waals surface area contributed by atoms with Gasteiger partial charge in [0.05, 0.1) is 16.2 Å². The quantitative estimate of drug-likeness (QED) is 0.553. The summed E-state index contributed by atoms with van der Waals surface area (Å²) >= 11 is 0. The lowest BCUT2D eigenvalue weighted by Crippen LogP contribution is -2.46. The molecule has 1 atom stereocenters. The minimum Gasteiger partial charge on any atom is -0.379 e. The monoisotopic (exact) mass is 412 g/mol. The lowest BCUT2D eigenvalue weighted by molar-refractivity contribution is -0.130. The summed E-state index contributed by atoms with van der Waals surface area (Å²) in [6, 6.07) is 2.64. The van der Waals surface area contributed by atoms with E-state index in [-0.39, 0.29) is 17.3 Å². The number of hydrogen-bond donors (Lipinski definition) is 3. The Kier molecular flexibility index (Phi) is 5.99. The number of sulfone groups is 1. The number of hydrogen-bond acceptors (Lipinski definition) is 9. The van der Waals surface area contributed by atoms with Crippen LogP contribution in [0.5, 0.6) is 0 Å². The van der Waals surface area contributed by atoms with Gasteiger partial charge in [-0.3, -0.25) is 14.9 Å². The predicted octanol–water partition coefficient (Wildman–Crippen LogP) is -0.763. The fourth-order valence-corrected chi connectivity index (χ4v) is 3.69. The molecule has 1 aromatic carbocycles. The highest BCUT2D eigenvalue weighted by molar-refractivity contribution is 7.91. The molecule has 0 aliphatic rings. The van der Waals surface area contributed by atoms with Gasteiger partial charge in [-0.2, -0.15) is 0 Å². The average Bonchev–Trinajstić information content (AvgIpc) is 2.62. The second-order valence-corrected chi connectivity index (χ2v) is 7.97. The first-order chi connectivity index (χ1) is 13.0. The second kappa shape index (κ2) is 7.90. The number of rotatable bonds is 6. The number of nitrogens with one attached hydrogen (secondary N) is 2. The van der Waals surface area contributed by atoms with Crippen LogP contribution < -0.4 is 10.6 Å². The van der Waals surface area contributed by atoms with Gasteiger partial charge in [-0.15, -0.1) is 20.4 Å². The van der Waals surface area contributed by atoms with E-state index in [4.69, 9.17) is 0 Å². The van der Waals surface area contributed by atoms with Crippen molar-refractivity contribution in [1.82, 2.24) is 25.7 Å². The van der Waals surface area contributed by atoms with E-state index in [9.17, 15) is 27.5 Å². The fraction of sp³-hybridized carbons (Fsp3) is 0.333. The van der Waals surface area contributed by atoms with E-state index in [0.29, 0.717) is 6.07 Å². The average molecular weight is 412 g/mol. The first-order valence-electron chi connectivity index (χ1n) is 7.78. The molecule has 0 aliphatic carbocycles. The van der Waals surface area contributed by atoms with E-state index in [1.807, 2.05) is 0 Å². The summed E-state index contributed by atoms with van der Waals surface area (Å²) in [4.78, 5) is 23.2. The highest BCUT2D eigenvalue weighted by atomic mass is 32.2. The summed E-state index contributed by atoms with van der Waals surface area (Å²) < 4.78 is 39.0. The van der Waals surface area contributed by atoms with E-state index in [0.717, 1.165) is 19.1 Å². The maximum atomic E-state index is 14.0. The van der Waals surface area contributed by atoms with Crippen molar-refractivity contribution in [2.24, 2.45) is 0 Å². The number of halogens is 1. The maximum absolute atomic E-state index is 14.0. The molecule has 0 saturated carbocycles. The molecule has 1 aromatic heterocycles. The van der Waals surface area contributed by atoms with Crippen LogP contribution in [0.25, 0.3) is 0 Å². The fourth-order valence-electron chi connectivity index (χ4n) is 2.09. The van der Waals surface area contributed by atoms with E-state index in [2.05, 4.69) is 31.0 Å². The smallest absolute Gasteiger partial charge is 0.268 e. The summed E-state index contributed by atoms with van der Waals surface area (Å²) in [7, 11) is -2.99. The predicted molar refractivity (Wildman–Crippen MR) is 93.5 cm³/mol. The minimum atomic E-state index is -4.29. The molecule has 0 aliphatic heterocycles. The van der Waals surface area contributed by atoms with E-state index in [1.165, 1.54) is 14.0 Å². The lowest BCUT2D eigenvalue weighted by atomic mass is 10.1. The SMILES string of the molecule is CNC(=O)c1ccc(S(=O)(=O)C[C@](C)(O)C(=O)Nc2nnc(C)nn2)cc1F. The van der Waals surface area contributed by atoms with Gasteiger partial charge in [0.2, 0.25) is 0 Å². The summed E-state index contributed by atoms with van der Waals surface area (Å²) in [5.41, 5.74) is -2.74. The zero-order valence-corrected chi connectivity index (χ0v) is 15.9. The topological polar surface area (TPSA) is 164 Å². The van der Waals surface area contributed by atoms with Crippen molar-refractivity contribution in [2.75, 3.05) is 18.1 Å². The van der Waals surface area contributed by atoms with Crippen LogP contribution in [0.3, 0.4) is 0 Å². The number of amides is 2. The Balaban J connectivity index is 2.21. The number of carbonyl (C=O) groups is 2. The zero-order chi connectivity index (χ0) is 21.1. The molecular formula is C15H17FN6O5S. The molecule has 11 nitrogen and oxygen atoms in total. The van der Waals surface area contributed by atoms with Gasteiger partial charge in [0.15, 0.2) is 21.3 Å². The van der Waals surface area contributed by atoms with Gasteiger partial charge < -0.3 is 10.4 Å². The first-order valence-corrected chi connectivity index (χ1v) is 9.44. The van der Waals surface area contributed by atoms with Crippen molar-refractivity contribution in [3.8, 4) is 0 Å². The molecule has 28 heavy (non-hydrogen) atoms. The van der Waals surface area contributed by atoms with Crippen LogP contribution in [-0.4, -0.2) is 64.1 Å². The molecule has 1 heterocycles. The molecule has 0 unspecified atom stereocenters. The Labute approximate surface area is 159 Å². The van der Waals surface area contributed by atoms with Crippen molar-refractivity contribution < 1.29 is 27.5 Å². The minimum absolute atomic E-state index is 0.245. The van der Waals surface area contributed by atoms with Gasteiger partial charge in [-0.25, -0.2) is 12.8 Å². The highest BCUT2D eigenvalue weighted by Gasteiger charge is 2.37. The van der Waals surface area contributed by atoms with Crippen LogP contribution in [0.2, 0.25) is 0 Å².